The van der Waals surface area contributed by atoms with Gasteiger partial charge in [0, 0.05) is 23.6 Å². The first-order valence-corrected chi connectivity index (χ1v) is 7.44. The van der Waals surface area contributed by atoms with Crippen molar-refractivity contribution >= 4 is 28.9 Å². The Labute approximate surface area is 142 Å². The van der Waals surface area contributed by atoms with Gasteiger partial charge < -0.3 is 14.8 Å². The minimum absolute atomic E-state index is 0.145. The molecule has 0 spiro atoms. The number of carbonyl (C=O) groups is 1. The van der Waals surface area contributed by atoms with E-state index in [4.69, 9.17) is 21.1 Å². The van der Waals surface area contributed by atoms with E-state index in [1.54, 1.807) is 18.2 Å². The topological polar surface area (TPSA) is 90.7 Å². The predicted molar refractivity (Wildman–Crippen MR) is 87.9 cm³/mol. The Hall–Kier alpha value is -2.80. The van der Waals surface area contributed by atoms with Gasteiger partial charge in [0.2, 0.25) is 0 Å². The smallest absolute Gasteiger partial charge is 0.271 e. The molecule has 8 heteroatoms. The van der Waals surface area contributed by atoms with Crippen molar-refractivity contribution in [1.82, 2.24) is 0 Å². The van der Waals surface area contributed by atoms with Gasteiger partial charge in [-0.3, -0.25) is 14.9 Å². The van der Waals surface area contributed by atoms with Gasteiger partial charge in [-0.25, -0.2) is 0 Å². The average Bonchev–Trinajstić information content (AvgIpc) is 2.97. The molecule has 3 rings (SSSR count). The van der Waals surface area contributed by atoms with E-state index in [0.717, 1.165) is 5.56 Å². The van der Waals surface area contributed by atoms with Crippen molar-refractivity contribution in [1.29, 1.82) is 0 Å². The molecule has 0 fully saturated rings. The second-order valence-electron chi connectivity index (χ2n) is 5.19. The lowest BCUT2D eigenvalue weighted by Crippen LogP contribution is -2.31. The van der Waals surface area contributed by atoms with Gasteiger partial charge >= 0.3 is 0 Å². The maximum absolute atomic E-state index is 12.4. The molecular weight excluding hydrogens is 336 g/mol. The largest absolute Gasteiger partial charge is 0.495 e. The Bertz CT molecular complexity index is 824. The number of nitrogens with one attached hydrogen (secondary N) is 1. The number of ether oxygens (including phenoxy) is 2. The number of non-ortho nitro benzene ring substituents is 1. The highest BCUT2D eigenvalue weighted by Gasteiger charge is 2.30. The van der Waals surface area contributed by atoms with Gasteiger partial charge in [-0.05, 0) is 29.8 Å². The first-order valence-electron chi connectivity index (χ1n) is 7.06. The Morgan fingerprint density at radius 3 is 2.88 bits per heavy atom. The number of anilines is 1. The average molecular weight is 349 g/mol. The molecule has 7 nitrogen and oxygen atoms in total. The van der Waals surface area contributed by atoms with E-state index in [-0.39, 0.29) is 11.4 Å². The fourth-order valence-corrected chi connectivity index (χ4v) is 2.68. The van der Waals surface area contributed by atoms with Crippen LogP contribution >= 0.6 is 11.6 Å². The van der Waals surface area contributed by atoms with Crippen LogP contribution in [0.2, 0.25) is 5.02 Å². The molecule has 1 amide bonds. The highest BCUT2D eigenvalue weighted by molar-refractivity contribution is 6.30. The van der Waals surface area contributed by atoms with Crippen LogP contribution in [0.3, 0.4) is 0 Å². The lowest BCUT2D eigenvalue weighted by atomic mass is 10.1. The van der Waals surface area contributed by atoms with Crippen molar-refractivity contribution in [3.05, 3.63) is 57.1 Å². The summed E-state index contributed by atoms with van der Waals surface area (Å²) in [4.78, 5) is 22.8. The lowest BCUT2D eigenvalue weighted by molar-refractivity contribution is -0.384. The second-order valence-corrected chi connectivity index (χ2v) is 5.63. The number of rotatable bonds is 4. The van der Waals surface area contributed by atoms with Gasteiger partial charge in [-0.1, -0.05) is 11.6 Å². The zero-order valence-corrected chi connectivity index (χ0v) is 13.4. The number of fused-ring (bicyclic) bond motifs is 1. The van der Waals surface area contributed by atoms with Gasteiger partial charge in [0.25, 0.3) is 11.6 Å². The molecule has 1 atom stereocenters. The monoisotopic (exact) mass is 348 g/mol. The molecule has 0 bridgehead atoms. The van der Waals surface area contributed by atoms with Gasteiger partial charge in [0.15, 0.2) is 6.10 Å². The molecule has 1 heterocycles. The zero-order valence-electron chi connectivity index (χ0n) is 12.6. The van der Waals surface area contributed by atoms with Crippen LogP contribution in [0.4, 0.5) is 11.4 Å². The van der Waals surface area contributed by atoms with E-state index in [1.165, 1.54) is 25.3 Å². The van der Waals surface area contributed by atoms with E-state index in [1.807, 2.05) is 0 Å². The van der Waals surface area contributed by atoms with Crippen LogP contribution in [0, 0.1) is 10.1 Å². The molecule has 1 unspecified atom stereocenters. The SMILES string of the molecule is COc1ccc([N+](=O)[O-])cc1NC(=O)C1Cc2cc(Cl)ccc2O1. The number of carbonyl (C=O) groups excluding carboxylic acids is 1. The normalized spacial score (nSPS) is 15.3. The van der Waals surface area contributed by atoms with Crippen molar-refractivity contribution in [2.24, 2.45) is 0 Å². The molecule has 0 aromatic heterocycles. The Morgan fingerprint density at radius 1 is 1.38 bits per heavy atom. The maximum atomic E-state index is 12.4. The minimum atomic E-state index is -0.734. The molecule has 0 saturated heterocycles. The van der Waals surface area contributed by atoms with Crippen molar-refractivity contribution in [2.75, 3.05) is 12.4 Å². The number of nitrogens with zero attached hydrogens (tertiary/aromatic N) is 1. The first kappa shape index (κ1) is 16.1. The summed E-state index contributed by atoms with van der Waals surface area (Å²) in [5.74, 6) is 0.513. The maximum Gasteiger partial charge on any atom is 0.271 e. The summed E-state index contributed by atoms with van der Waals surface area (Å²) in [6.07, 6.45) is -0.360. The van der Waals surface area contributed by atoms with Gasteiger partial charge in [0.1, 0.15) is 11.5 Å². The van der Waals surface area contributed by atoms with Gasteiger partial charge in [-0.15, -0.1) is 0 Å². The number of benzene rings is 2. The molecule has 1 aliphatic heterocycles. The van der Waals surface area contributed by atoms with E-state index >= 15 is 0 Å². The van der Waals surface area contributed by atoms with E-state index in [9.17, 15) is 14.9 Å². The Kier molecular flexibility index (Phi) is 4.26. The molecule has 1 aliphatic rings. The Balaban J connectivity index is 1.78. The summed E-state index contributed by atoms with van der Waals surface area (Å²) in [5, 5.41) is 14.1. The summed E-state index contributed by atoms with van der Waals surface area (Å²) in [5.41, 5.74) is 0.913. The number of hydrogen-bond donors (Lipinski definition) is 1. The highest BCUT2D eigenvalue weighted by atomic mass is 35.5. The van der Waals surface area contributed by atoms with Crippen molar-refractivity contribution < 1.29 is 19.2 Å². The van der Waals surface area contributed by atoms with Crippen LogP contribution in [0.15, 0.2) is 36.4 Å². The molecule has 0 saturated carbocycles. The number of nitro benzene ring substituents is 1. The van der Waals surface area contributed by atoms with Gasteiger partial charge in [-0.2, -0.15) is 0 Å². The predicted octanol–water partition coefficient (Wildman–Crippen LogP) is 3.20. The molecule has 1 N–H and O–H groups in total. The number of methoxy groups -OCH3 is 1. The standard InChI is InChI=1S/C16H13ClN2O5/c1-23-14-5-3-11(19(21)22)8-12(14)18-16(20)15-7-9-6-10(17)2-4-13(9)24-15/h2-6,8,15H,7H2,1H3,(H,18,20). The molecule has 124 valence electrons. The lowest BCUT2D eigenvalue weighted by Gasteiger charge is -2.13. The summed E-state index contributed by atoms with van der Waals surface area (Å²) < 4.78 is 10.7. The van der Waals surface area contributed by atoms with E-state index < -0.39 is 16.9 Å². The van der Waals surface area contributed by atoms with Crippen molar-refractivity contribution in [3.8, 4) is 11.5 Å². The molecule has 2 aromatic rings. The second kappa shape index (κ2) is 6.37. The van der Waals surface area contributed by atoms with Crippen LogP contribution < -0.4 is 14.8 Å². The molecule has 2 aromatic carbocycles. The summed E-state index contributed by atoms with van der Waals surface area (Å²) in [6, 6.07) is 9.12. The summed E-state index contributed by atoms with van der Waals surface area (Å²) >= 11 is 5.93. The molecular formula is C16H13ClN2O5. The quantitative estimate of drug-likeness (QED) is 0.676. The van der Waals surface area contributed by atoms with Crippen molar-refractivity contribution in [2.45, 2.75) is 12.5 Å². The van der Waals surface area contributed by atoms with Gasteiger partial charge in [0.05, 0.1) is 17.7 Å². The number of amides is 1. The third-order valence-corrected chi connectivity index (χ3v) is 3.88. The number of hydrogen-bond acceptors (Lipinski definition) is 5. The first-order chi connectivity index (χ1) is 11.5. The summed E-state index contributed by atoms with van der Waals surface area (Å²) in [7, 11) is 1.42. The molecule has 24 heavy (non-hydrogen) atoms. The fourth-order valence-electron chi connectivity index (χ4n) is 2.48. The highest BCUT2D eigenvalue weighted by Crippen LogP contribution is 2.33. The molecule has 0 aliphatic carbocycles. The number of nitro groups is 1. The van der Waals surface area contributed by atoms with E-state index in [2.05, 4.69) is 5.32 Å². The third kappa shape index (κ3) is 3.11. The van der Waals surface area contributed by atoms with Crippen LogP contribution in [0.1, 0.15) is 5.56 Å². The van der Waals surface area contributed by atoms with Crippen LogP contribution in [0.5, 0.6) is 11.5 Å². The van der Waals surface area contributed by atoms with E-state index in [0.29, 0.717) is 22.9 Å². The van der Waals surface area contributed by atoms with Crippen LogP contribution in [-0.2, 0) is 11.2 Å². The van der Waals surface area contributed by atoms with Crippen LogP contribution in [-0.4, -0.2) is 24.0 Å². The third-order valence-electron chi connectivity index (χ3n) is 3.64. The fraction of sp³-hybridized carbons (Fsp3) is 0.188. The number of halogens is 1. The minimum Gasteiger partial charge on any atom is -0.495 e. The zero-order chi connectivity index (χ0) is 17.3. The molecule has 0 radical (unpaired) electrons. The van der Waals surface area contributed by atoms with Crippen molar-refractivity contribution in [3.63, 3.8) is 0 Å². The Morgan fingerprint density at radius 2 is 2.17 bits per heavy atom. The van der Waals surface area contributed by atoms with Crippen LogP contribution in [0.25, 0.3) is 0 Å². The summed E-state index contributed by atoms with van der Waals surface area (Å²) in [6.45, 7) is 0.